The van der Waals surface area contributed by atoms with Crippen LogP contribution in [0.4, 0.5) is 0 Å². The van der Waals surface area contributed by atoms with Crippen molar-refractivity contribution in [2.75, 3.05) is 77.5 Å². The van der Waals surface area contributed by atoms with Crippen LogP contribution in [0, 0.1) is 41.4 Å². The monoisotopic (exact) mass is 1630 g/mol. The average molecular weight is 1630 g/mol. The first-order chi connectivity index (χ1) is 53.8. The summed E-state index contributed by atoms with van der Waals surface area (Å²) >= 11 is 1.50. The lowest BCUT2D eigenvalue weighted by molar-refractivity contribution is -0.136. The minimum absolute atomic E-state index is 0.00214. The largest absolute Gasteiger partial charge is 0.370 e. The number of nitrogens with one attached hydrogen (secondary N) is 5. The van der Waals surface area contributed by atoms with Gasteiger partial charge in [-0.25, -0.2) is 0 Å². The topological polar surface area (TPSA) is 828 Å². The van der Waals surface area contributed by atoms with Crippen LogP contribution in [-0.2, 0) is 52.7 Å². The van der Waals surface area contributed by atoms with Crippen molar-refractivity contribution in [2.45, 2.75) is 199 Å². The first-order valence-corrected chi connectivity index (χ1v) is 39.8. The van der Waals surface area contributed by atoms with Crippen molar-refractivity contribution >= 4 is 130 Å². The van der Waals surface area contributed by atoms with Gasteiger partial charge in [-0.05, 0) is 128 Å². The fraction of sp³-hybridized carbons (Fsp3) is 0.714. The molecular weight excluding hydrogens is 1500 g/mol. The average Bonchev–Trinajstić information content (AvgIpc) is 0.857. The first kappa shape index (κ1) is 103. The van der Waals surface area contributed by atoms with Crippen LogP contribution in [0.1, 0.15) is 175 Å². The molecule has 0 spiro atoms. The summed E-state index contributed by atoms with van der Waals surface area (Å²) < 4.78 is 0. The first-order valence-electron chi connectivity index (χ1n) is 38.4. The smallest absolute Gasteiger partial charge is 0.224 e. The van der Waals surface area contributed by atoms with Crippen molar-refractivity contribution in [3.63, 3.8) is 0 Å². The molecule has 44 heteroatoms. The summed E-state index contributed by atoms with van der Waals surface area (Å²) in [6.45, 7) is 5.25. The molecule has 0 fully saturated rings. The van der Waals surface area contributed by atoms with Crippen molar-refractivity contribution in [2.24, 2.45) is 190 Å². The van der Waals surface area contributed by atoms with E-state index in [2.05, 4.69) is 71.5 Å². The number of rotatable bonds is 66. The van der Waals surface area contributed by atoms with E-state index in [4.69, 9.17) is 103 Å². The third-order valence-corrected chi connectivity index (χ3v) is 18.8. The zero-order chi connectivity index (χ0) is 86.3. The summed E-state index contributed by atoms with van der Waals surface area (Å²) in [4.78, 5) is 194. The van der Waals surface area contributed by atoms with E-state index in [1.54, 1.807) is 13.8 Å². The molecule has 0 aromatic carbocycles. The highest BCUT2D eigenvalue weighted by Crippen LogP contribution is 2.24. The normalized spacial score (nSPS) is 13.8. The Morgan fingerprint density at radius 1 is 0.272 bits per heavy atom. The van der Waals surface area contributed by atoms with Gasteiger partial charge >= 0.3 is 0 Å². The molecule has 0 aliphatic heterocycles. The highest BCUT2D eigenvalue weighted by atomic mass is 32.2. The van der Waals surface area contributed by atoms with Gasteiger partial charge < -0.3 is 130 Å². The zero-order valence-corrected chi connectivity index (χ0v) is 67.7. The molecular formula is C70H134N32O11S. The van der Waals surface area contributed by atoms with E-state index >= 15 is 14.4 Å². The summed E-state index contributed by atoms with van der Waals surface area (Å²) in [7, 11) is 0. The lowest BCUT2D eigenvalue weighted by atomic mass is 9.88. The molecule has 0 rings (SSSR count). The van der Waals surface area contributed by atoms with Gasteiger partial charge in [0.15, 0.2) is 82.6 Å². The number of ketones is 6. The SMILES string of the molecule is CSC[C@H](C)C(=O)C[C@@H](C)C(=O)NCC(=O)C[C@H](CCCN=C(N)N)C(=O)N[C@H](CCCN=C(N)N)C(=O)C[C@H](CCCN=C(N)N)C(=O)N[C@H](CCCN=C(N)N)C(=O)C[C@H](CCCN=C(N)N)C(=O)N[C@H](CCCN=C(N)N)C(=O)C[C@H](CCCN=C(N)N)C(=O)N[C@H](CCCN=C(N)N)C(=O)C[C@@H](C)CCCN=C(N)N. The summed E-state index contributed by atoms with van der Waals surface area (Å²) in [5.74, 6) is -14.0. The number of hydrogen-bond donors (Lipinski definition) is 23. The molecule has 0 aromatic heterocycles. The summed E-state index contributed by atoms with van der Waals surface area (Å²) in [6.07, 6.45) is 1.81. The summed E-state index contributed by atoms with van der Waals surface area (Å²) in [5.41, 5.74) is 101. The summed E-state index contributed by atoms with van der Waals surface area (Å²) in [6, 6.07) is -5.17. The predicted octanol–water partition coefficient (Wildman–Crippen LogP) is -5.98. The molecule has 5 amide bonds. The maximum atomic E-state index is 15.1. The molecule has 0 aliphatic rings. The second-order valence-electron chi connectivity index (χ2n) is 28.2. The third kappa shape index (κ3) is 51.7. The van der Waals surface area contributed by atoms with Crippen LogP contribution >= 0.6 is 11.8 Å². The lowest BCUT2D eigenvalue weighted by Crippen LogP contribution is -2.49. The number of carbonyl (C=O) groups is 11. The molecule has 0 heterocycles. The Morgan fingerprint density at radius 2 is 0.500 bits per heavy atom. The molecule has 646 valence electrons. The van der Waals surface area contributed by atoms with Gasteiger partial charge in [-0.3, -0.25) is 97.7 Å². The fourth-order valence-corrected chi connectivity index (χ4v) is 12.6. The van der Waals surface area contributed by atoms with Gasteiger partial charge in [0.25, 0.3) is 0 Å². The van der Waals surface area contributed by atoms with Gasteiger partial charge in [-0.15, -0.1) is 0 Å². The van der Waals surface area contributed by atoms with Crippen LogP contribution < -0.4 is 130 Å². The molecule has 114 heavy (non-hydrogen) atoms. The van der Waals surface area contributed by atoms with Crippen LogP contribution in [0.2, 0.25) is 0 Å². The van der Waals surface area contributed by atoms with Gasteiger partial charge in [-0.1, -0.05) is 20.8 Å². The summed E-state index contributed by atoms with van der Waals surface area (Å²) in [5, 5.41) is 13.9. The second kappa shape index (κ2) is 59.8. The highest BCUT2D eigenvalue weighted by Gasteiger charge is 2.36. The minimum atomic E-state index is -1.41. The Morgan fingerprint density at radius 3 is 0.746 bits per heavy atom. The quantitative estimate of drug-likeness (QED) is 0.0153. The molecule has 0 radical (unpaired) electrons. The van der Waals surface area contributed by atoms with Gasteiger partial charge in [0.05, 0.1) is 30.7 Å². The van der Waals surface area contributed by atoms with E-state index in [1.807, 2.05) is 13.2 Å². The van der Waals surface area contributed by atoms with E-state index in [0.717, 1.165) is 0 Å². The number of nitrogens with zero attached hydrogens (tertiary/aromatic N) is 9. The zero-order valence-electron chi connectivity index (χ0n) is 66.9. The van der Waals surface area contributed by atoms with Crippen LogP contribution in [0.15, 0.2) is 44.9 Å². The molecule has 0 aliphatic carbocycles. The maximum absolute atomic E-state index is 15.1. The van der Waals surface area contributed by atoms with E-state index in [9.17, 15) is 38.4 Å². The molecule has 0 aromatic rings. The standard InChI is InChI=1S/C70H134N32O11S/c1-40(14-5-23-89-62(71)72)32-53(105)48(19-10-28-94-67(81)82)99-59(111)44(16-7-25-91-64(75)76)35-55(107)50(21-12-30-96-69(85)86)101-61(113)46(18-9-27-93-66(79)80)37-56(108)51(22-13-31-97-70(87)88)102-60(112)45(17-8-26-92-65(77)78)36-54(106)49(20-11-29-95-68(83)84)100-58(110)43(15-6-24-90-63(73)74)34-47(103)38-98-57(109)41(2)33-52(104)42(3)39-114-4/h40-46,48-51H,5-39H2,1-4H3,(H,98,109)(H,99,111)(H,100,110)(H,101,113)(H,102,112)(H4,71,72,89)(H4,73,74,90)(H4,75,76,91)(H4,77,78,92)(H4,79,80,93)(H4,81,82,94)(H4,83,84,95)(H4,85,86,96)(H4,87,88,97)/t40-,41+,42-,43-,44-,45-,46-,48+,49+,50+,51+/m0/s1. The van der Waals surface area contributed by atoms with Crippen LogP contribution in [0.5, 0.6) is 0 Å². The number of Topliss-reactive ketones (excluding diaryl/α,β-unsaturated/α-hetero) is 6. The predicted molar refractivity (Wildman–Crippen MR) is 448 cm³/mol. The molecule has 41 N–H and O–H groups in total. The minimum Gasteiger partial charge on any atom is -0.370 e. The number of aliphatic imine (C=N–C) groups is 9. The second-order valence-corrected chi connectivity index (χ2v) is 29.2. The number of hydrogen-bond acceptors (Lipinski definition) is 21. The van der Waals surface area contributed by atoms with Crippen LogP contribution in [0.25, 0.3) is 0 Å². The van der Waals surface area contributed by atoms with Gasteiger partial charge in [0.2, 0.25) is 29.5 Å². The van der Waals surface area contributed by atoms with Gasteiger partial charge in [0.1, 0.15) is 5.78 Å². The van der Waals surface area contributed by atoms with E-state index in [0.29, 0.717) is 25.1 Å². The number of guanidine groups is 9. The molecule has 11 atom stereocenters. The maximum Gasteiger partial charge on any atom is 0.224 e. The molecule has 43 nitrogen and oxygen atoms in total. The van der Waals surface area contributed by atoms with Crippen molar-refractivity contribution in [3.8, 4) is 0 Å². The Hall–Kier alpha value is -10.8. The number of carbonyl (C=O) groups excluding carboxylic acids is 11. The van der Waals surface area contributed by atoms with Crippen molar-refractivity contribution < 1.29 is 52.7 Å². The van der Waals surface area contributed by atoms with Crippen molar-refractivity contribution in [3.05, 3.63) is 0 Å². The van der Waals surface area contributed by atoms with Crippen molar-refractivity contribution in [1.82, 2.24) is 26.6 Å². The number of nitrogens with two attached hydrogens (primary N) is 18. The number of amides is 5. The van der Waals surface area contributed by atoms with E-state index < -0.39 is 139 Å². The van der Waals surface area contributed by atoms with Crippen LogP contribution in [0.3, 0.4) is 0 Å². The Labute approximate surface area is 672 Å². The highest BCUT2D eigenvalue weighted by molar-refractivity contribution is 7.98. The van der Waals surface area contributed by atoms with E-state index in [-0.39, 0.29) is 245 Å². The third-order valence-electron chi connectivity index (χ3n) is 18.0. The molecule has 0 saturated heterocycles. The Balaban J connectivity index is 7.91. The number of thioether (sulfide) groups is 1. The molecule has 0 saturated carbocycles. The molecule has 0 unspecified atom stereocenters. The van der Waals surface area contributed by atoms with Crippen molar-refractivity contribution in [1.29, 1.82) is 0 Å². The fourth-order valence-electron chi connectivity index (χ4n) is 12.0. The molecule has 0 bridgehead atoms. The van der Waals surface area contributed by atoms with Gasteiger partial charge in [0, 0.05) is 139 Å². The Kier molecular flexibility index (Phi) is 54.2. The lowest BCUT2D eigenvalue weighted by Gasteiger charge is -2.27. The van der Waals surface area contributed by atoms with E-state index in [1.165, 1.54) is 11.8 Å². The Bertz CT molecular complexity index is 3290. The van der Waals surface area contributed by atoms with Crippen LogP contribution in [-0.4, -0.2) is 219 Å². The van der Waals surface area contributed by atoms with Gasteiger partial charge in [-0.2, -0.15) is 11.8 Å².